The molecule has 128 valence electrons. The lowest BCUT2D eigenvalue weighted by Gasteiger charge is -2.31. The molecule has 0 aromatic heterocycles. The van der Waals surface area contributed by atoms with E-state index in [9.17, 15) is 8.42 Å². The first-order valence-corrected chi connectivity index (χ1v) is 10.6. The molecule has 2 aromatic carbocycles. The molecule has 3 rings (SSSR count). The summed E-state index contributed by atoms with van der Waals surface area (Å²) in [6.45, 7) is 0. The molecular weight excluding hydrogens is 340 g/mol. The number of hydrogen-bond donors (Lipinski definition) is 2. The van der Waals surface area contributed by atoms with Gasteiger partial charge in [-0.3, -0.25) is 0 Å². The van der Waals surface area contributed by atoms with Crippen LogP contribution in [0.25, 0.3) is 0 Å². The zero-order chi connectivity index (χ0) is 16.8. The molecule has 2 aromatic rings. The summed E-state index contributed by atoms with van der Waals surface area (Å²) < 4.78 is 24.7. The summed E-state index contributed by atoms with van der Waals surface area (Å²) >= 11 is 1.82. The maximum absolute atomic E-state index is 12.4. The number of hydrazine groups is 1. The van der Waals surface area contributed by atoms with Gasteiger partial charge in [-0.25, -0.2) is 13.8 Å². The molecule has 0 amide bonds. The van der Waals surface area contributed by atoms with Crippen LogP contribution in [0.5, 0.6) is 0 Å². The van der Waals surface area contributed by atoms with Gasteiger partial charge in [-0.2, -0.15) is 0 Å². The van der Waals surface area contributed by atoms with Crippen LogP contribution in [0.2, 0.25) is 0 Å². The summed E-state index contributed by atoms with van der Waals surface area (Å²) in [6, 6.07) is 18.9. The number of hydrogen-bond acceptors (Lipinski definition) is 4. The maximum Gasteiger partial charge on any atom is 0.253 e. The minimum absolute atomic E-state index is 0.127. The van der Waals surface area contributed by atoms with Crippen molar-refractivity contribution in [2.24, 2.45) is 0 Å². The highest BCUT2D eigenvalue weighted by Gasteiger charge is 2.27. The van der Waals surface area contributed by atoms with Crippen LogP contribution in [-0.2, 0) is 10.0 Å². The van der Waals surface area contributed by atoms with E-state index >= 15 is 0 Å². The lowest BCUT2D eigenvalue weighted by molar-refractivity contribution is 0.371. The Morgan fingerprint density at radius 1 is 0.875 bits per heavy atom. The average molecular weight is 363 g/mol. The van der Waals surface area contributed by atoms with Gasteiger partial charge in [0.15, 0.2) is 0 Å². The Hall–Kier alpha value is -1.34. The molecule has 0 saturated heterocycles. The lowest BCUT2D eigenvalue weighted by Crippen LogP contribution is -2.49. The Balaban J connectivity index is 1.64. The second-order valence-electron chi connectivity index (χ2n) is 5.92. The zero-order valence-corrected chi connectivity index (χ0v) is 15.0. The molecule has 1 saturated carbocycles. The SMILES string of the molecule is O=S(=O)(NN[C@@H]1CCCC[C@@H]1Sc1ccccc1)c1ccccc1. The molecule has 4 nitrogen and oxygen atoms in total. The number of rotatable bonds is 6. The molecule has 0 heterocycles. The van der Waals surface area contributed by atoms with Crippen LogP contribution in [-0.4, -0.2) is 19.7 Å². The maximum atomic E-state index is 12.4. The molecule has 2 N–H and O–H groups in total. The van der Waals surface area contributed by atoms with Crippen molar-refractivity contribution < 1.29 is 8.42 Å². The molecule has 1 aliphatic rings. The van der Waals surface area contributed by atoms with E-state index in [2.05, 4.69) is 22.4 Å². The summed E-state index contributed by atoms with van der Waals surface area (Å²) in [7, 11) is -3.53. The van der Waals surface area contributed by atoms with Gasteiger partial charge in [-0.1, -0.05) is 49.2 Å². The molecule has 0 spiro atoms. The first kappa shape index (κ1) is 17.5. The lowest BCUT2D eigenvalue weighted by atomic mass is 9.95. The minimum Gasteiger partial charge on any atom is -0.240 e. The third-order valence-corrected chi connectivity index (χ3v) is 6.86. The summed E-state index contributed by atoms with van der Waals surface area (Å²) in [5.74, 6) is 0. The van der Waals surface area contributed by atoms with Gasteiger partial charge in [0.1, 0.15) is 0 Å². The Bertz CT molecular complexity index is 736. The van der Waals surface area contributed by atoms with Crippen molar-refractivity contribution in [1.82, 2.24) is 10.3 Å². The van der Waals surface area contributed by atoms with Crippen LogP contribution in [0.3, 0.4) is 0 Å². The van der Waals surface area contributed by atoms with E-state index in [0.717, 1.165) is 19.3 Å². The third kappa shape index (κ3) is 4.60. The van der Waals surface area contributed by atoms with Crippen molar-refractivity contribution in [3.05, 3.63) is 60.7 Å². The molecule has 1 aliphatic carbocycles. The molecule has 2 atom stereocenters. The normalized spacial score (nSPS) is 21.5. The molecule has 0 bridgehead atoms. The fourth-order valence-electron chi connectivity index (χ4n) is 2.89. The standard InChI is InChI=1S/C18H22N2O2S2/c21-24(22,16-11-5-2-6-12-16)20-19-17-13-7-8-14-18(17)23-15-9-3-1-4-10-15/h1-6,9-12,17-20H,7-8,13-14H2/t17-,18+/m1/s1. The highest BCUT2D eigenvalue weighted by molar-refractivity contribution is 8.00. The molecule has 6 heteroatoms. The van der Waals surface area contributed by atoms with Crippen molar-refractivity contribution in [2.45, 2.75) is 46.8 Å². The van der Waals surface area contributed by atoms with Gasteiger partial charge in [0.05, 0.1) is 4.90 Å². The molecule has 0 radical (unpaired) electrons. The second kappa shape index (κ2) is 8.16. The topological polar surface area (TPSA) is 58.2 Å². The van der Waals surface area contributed by atoms with Crippen molar-refractivity contribution in [3.8, 4) is 0 Å². The largest absolute Gasteiger partial charge is 0.253 e. The fourth-order valence-corrected chi connectivity index (χ4v) is 5.15. The van der Waals surface area contributed by atoms with Crippen molar-refractivity contribution in [2.75, 3.05) is 0 Å². The summed E-state index contributed by atoms with van der Waals surface area (Å²) in [6.07, 6.45) is 4.37. The smallest absolute Gasteiger partial charge is 0.240 e. The van der Waals surface area contributed by atoms with Crippen molar-refractivity contribution in [1.29, 1.82) is 0 Å². The number of nitrogens with one attached hydrogen (secondary N) is 2. The van der Waals surface area contributed by atoms with Crippen molar-refractivity contribution >= 4 is 21.8 Å². The fraction of sp³-hybridized carbons (Fsp3) is 0.333. The zero-order valence-electron chi connectivity index (χ0n) is 13.4. The monoisotopic (exact) mass is 362 g/mol. The van der Waals surface area contributed by atoms with E-state index < -0.39 is 10.0 Å². The first-order chi connectivity index (χ1) is 11.6. The van der Waals surface area contributed by atoms with Crippen LogP contribution >= 0.6 is 11.8 Å². The van der Waals surface area contributed by atoms with E-state index in [1.165, 1.54) is 11.3 Å². The Morgan fingerprint density at radius 3 is 2.21 bits per heavy atom. The van der Waals surface area contributed by atoms with Gasteiger partial charge < -0.3 is 0 Å². The minimum atomic E-state index is -3.53. The number of benzene rings is 2. The predicted octanol–water partition coefficient (Wildman–Crippen LogP) is 3.57. The Labute approximate surface area is 148 Å². The van der Waals surface area contributed by atoms with Crippen LogP contribution in [0.4, 0.5) is 0 Å². The third-order valence-electron chi connectivity index (χ3n) is 4.17. The molecule has 24 heavy (non-hydrogen) atoms. The Kier molecular flexibility index (Phi) is 5.94. The Morgan fingerprint density at radius 2 is 1.50 bits per heavy atom. The van der Waals surface area contributed by atoms with Gasteiger partial charge in [-0.05, 0) is 37.1 Å². The molecule has 0 aliphatic heterocycles. The quantitative estimate of drug-likeness (QED) is 0.771. The molecule has 1 fully saturated rings. The van der Waals surface area contributed by atoms with Crippen LogP contribution in [0, 0.1) is 0 Å². The first-order valence-electron chi connectivity index (χ1n) is 8.19. The van der Waals surface area contributed by atoms with E-state index in [4.69, 9.17) is 0 Å². The van der Waals surface area contributed by atoms with E-state index in [1.807, 2.05) is 30.0 Å². The molecular formula is C18H22N2O2S2. The summed E-state index contributed by atoms with van der Waals surface area (Å²) in [5.41, 5.74) is 3.07. The van der Waals surface area contributed by atoms with Gasteiger partial charge in [-0.15, -0.1) is 16.6 Å². The highest BCUT2D eigenvalue weighted by Crippen LogP contribution is 2.33. The van der Waals surface area contributed by atoms with E-state index in [0.29, 0.717) is 5.25 Å². The van der Waals surface area contributed by atoms with E-state index in [-0.39, 0.29) is 10.9 Å². The number of sulfonamides is 1. The predicted molar refractivity (Wildman–Crippen MR) is 98.2 cm³/mol. The van der Waals surface area contributed by atoms with Crippen LogP contribution < -0.4 is 10.3 Å². The van der Waals surface area contributed by atoms with Gasteiger partial charge in [0.25, 0.3) is 10.0 Å². The van der Waals surface area contributed by atoms with Gasteiger partial charge in [0.2, 0.25) is 0 Å². The van der Waals surface area contributed by atoms with Gasteiger partial charge in [0, 0.05) is 16.2 Å². The number of thioether (sulfide) groups is 1. The summed E-state index contributed by atoms with van der Waals surface area (Å²) in [5, 5.41) is 0.361. The van der Waals surface area contributed by atoms with Crippen LogP contribution in [0.1, 0.15) is 25.7 Å². The molecule has 0 unspecified atom stereocenters. The van der Waals surface area contributed by atoms with Crippen molar-refractivity contribution in [3.63, 3.8) is 0 Å². The average Bonchev–Trinajstić information content (AvgIpc) is 2.63. The second-order valence-corrected chi connectivity index (χ2v) is 8.92. The van der Waals surface area contributed by atoms with Crippen LogP contribution in [0.15, 0.2) is 70.5 Å². The summed E-state index contributed by atoms with van der Waals surface area (Å²) in [4.78, 5) is 4.07. The van der Waals surface area contributed by atoms with Gasteiger partial charge >= 0.3 is 0 Å². The van der Waals surface area contributed by atoms with E-state index in [1.54, 1.807) is 30.3 Å². The highest BCUT2D eigenvalue weighted by atomic mass is 32.2.